The summed E-state index contributed by atoms with van der Waals surface area (Å²) in [6, 6.07) is 8.55. The van der Waals surface area contributed by atoms with E-state index in [0.29, 0.717) is 21.3 Å². The maximum Gasteiger partial charge on any atom is 0.306 e. The number of hydrogen-bond donors (Lipinski definition) is 1. The Morgan fingerprint density at radius 2 is 2.12 bits per heavy atom. The third-order valence-corrected chi connectivity index (χ3v) is 4.47. The topological polar surface area (TPSA) is 98.0 Å². The molecule has 0 atom stereocenters. The molecule has 1 amide bonds. The third-order valence-electron chi connectivity index (χ3n) is 3.29. The van der Waals surface area contributed by atoms with Crippen LogP contribution in [0.4, 0.5) is 15.8 Å². The van der Waals surface area contributed by atoms with Crippen LogP contribution in [-0.2, 0) is 0 Å². The fourth-order valence-electron chi connectivity index (χ4n) is 2.12. The Labute approximate surface area is 145 Å². The molecule has 3 aromatic rings. The van der Waals surface area contributed by atoms with Gasteiger partial charge in [-0.2, -0.15) is 4.39 Å². The van der Waals surface area contributed by atoms with Crippen LogP contribution in [0, 0.1) is 22.9 Å². The smallest absolute Gasteiger partial charge is 0.306 e. The van der Waals surface area contributed by atoms with Crippen molar-refractivity contribution >= 4 is 28.6 Å². The molecular weight excluding hydrogens is 347 g/mol. The summed E-state index contributed by atoms with van der Waals surface area (Å²) in [4.78, 5) is 31.2. The number of aryl methyl sites for hydroxylation is 1. The molecule has 0 aliphatic heterocycles. The van der Waals surface area contributed by atoms with Crippen molar-refractivity contribution in [1.82, 2.24) is 9.97 Å². The largest absolute Gasteiger partial charge is 0.321 e. The number of nitro benzene ring substituents is 1. The minimum atomic E-state index is -0.964. The Balaban J connectivity index is 1.86. The molecule has 1 aromatic carbocycles. The van der Waals surface area contributed by atoms with Crippen molar-refractivity contribution in [1.29, 1.82) is 0 Å². The lowest BCUT2D eigenvalue weighted by atomic mass is 10.2. The minimum absolute atomic E-state index is 0.130. The monoisotopic (exact) mass is 358 g/mol. The van der Waals surface area contributed by atoms with Gasteiger partial charge in [-0.25, -0.2) is 4.98 Å². The fraction of sp³-hybridized carbons (Fsp3) is 0.0625. The van der Waals surface area contributed by atoms with Gasteiger partial charge in [-0.1, -0.05) is 6.07 Å². The molecule has 126 valence electrons. The van der Waals surface area contributed by atoms with E-state index in [2.05, 4.69) is 15.3 Å². The Morgan fingerprint density at radius 3 is 2.80 bits per heavy atom. The first-order valence-corrected chi connectivity index (χ1v) is 7.91. The van der Waals surface area contributed by atoms with Gasteiger partial charge in [-0.15, -0.1) is 11.3 Å². The van der Waals surface area contributed by atoms with E-state index in [4.69, 9.17) is 0 Å². The van der Waals surface area contributed by atoms with E-state index in [1.807, 2.05) is 6.07 Å². The highest BCUT2D eigenvalue weighted by Crippen LogP contribution is 2.28. The van der Waals surface area contributed by atoms with Gasteiger partial charge in [-0.05, 0) is 31.2 Å². The average Bonchev–Trinajstić information content (AvgIpc) is 2.99. The normalized spacial score (nSPS) is 10.5. The minimum Gasteiger partial charge on any atom is -0.321 e. The van der Waals surface area contributed by atoms with Gasteiger partial charge in [0.25, 0.3) is 5.91 Å². The summed E-state index contributed by atoms with van der Waals surface area (Å²) in [5, 5.41) is 13.9. The molecule has 2 heterocycles. The van der Waals surface area contributed by atoms with Crippen LogP contribution in [0.25, 0.3) is 10.7 Å². The summed E-state index contributed by atoms with van der Waals surface area (Å²) >= 11 is 1.16. The third kappa shape index (κ3) is 3.50. The Bertz CT molecular complexity index is 959. The van der Waals surface area contributed by atoms with E-state index in [9.17, 15) is 19.3 Å². The van der Waals surface area contributed by atoms with Gasteiger partial charge in [-0.3, -0.25) is 19.9 Å². The van der Waals surface area contributed by atoms with Crippen molar-refractivity contribution < 1.29 is 14.1 Å². The van der Waals surface area contributed by atoms with E-state index < -0.39 is 22.3 Å². The quantitative estimate of drug-likeness (QED) is 0.565. The van der Waals surface area contributed by atoms with Crippen LogP contribution in [-0.4, -0.2) is 20.8 Å². The highest BCUT2D eigenvalue weighted by molar-refractivity contribution is 7.17. The lowest BCUT2D eigenvalue weighted by molar-refractivity contribution is -0.387. The summed E-state index contributed by atoms with van der Waals surface area (Å²) < 4.78 is 13.4. The number of halogens is 1. The number of nitro groups is 1. The summed E-state index contributed by atoms with van der Waals surface area (Å²) in [6.45, 7) is 1.69. The van der Waals surface area contributed by atoms with Gasteiger partial charge in [0.15, 0.2) is 0 Å². The number of nitrogens with one attached hydrogen (secondary N) is 1. The zero-order chi connectivity index (χ0) is 18.0. The molecule has 0 bridgehead atoms. The number of aromatic nitrogens is 2. The number of carbonyl (C=O) groups excluding carboxylic acids is 1. The van der Waals surface area contributed by atoms with Crippen molar-refractivity contribution in [2.45, 2.75) is 6.92 Å². The SMILES string of the molecule is Cc1nc(-c2ccccn2)sc1C(=O)Nc1ccc(F)c([N+](=O)[O-])c1. The standard InChI is InChI=1S/C16H11FN4O3S/c1-9-14(25-16(19-9)12-4-2-3-7-18-12)15(22)20-10-5-6-11(17)13(8-10)21(23)24/h2-8H,1H3,(H,20,22). The van der Waals surface area contributed by atoms with E-state index in [0.717, 1.165) is 23.5 Å². The molecule has 2 aromatic heterocycles. The number of benzene rings is 1. The fourth-order valence-corrected chi connectivity index (χ4v) is 3.06. The highest BCUT2D eigenvalue weighted by Gasteiger charge is 2.19. The Kier molecular flexibility index (Phi) is 4.48. The maximum absolute atomic E-state index is 13.4. The number of anilines is 1. The number of pyridine rings is 1. The molecule has 3 rings (SSSR count). The molecule has 0 unspecified atom stereocenters. The van der Waals surface area contributed by atoms with Crippen molar-refractivity contribution in [2.75, 3.05) is 5.32 Å². The Morgan fingerprint density at radius 1 is 1.32 bits per heavy atom. The number of nitrogens with zero attached hydrogens (tertiary/aromatic N) is 3. The van der Waals surface area contributed by atoms with Crippen molar-refractivity contribution in [3.05, 3.63) is 69.1 Å². The second-order valence-corrected chi connectivity index (χ2v) is 6.03. The summed E-state index contributed by atoms with van der Waals surface area (Å²) in [5.74, 6) is -1.44. The van der Waals surface area contributed by atoms with Crippen LogP contribution in [0.15, 0.2) is 42.6 Å². The first-order chi connectivity index (χ1) is 12.0. The predicted molar refractivity (Wildman–Crippen MR) is 91.1 cm³/mol. The van der Waals surface area contributed by atoms with E-state index >= 15 is 0 Å². The first-order valence-electron chi connectivity index (χ1n) is 7.10. The van der Waals surface area contributed by atoms with Gasteiger partial charge in [0, 0.05) is 18.0 Å². The molecule has 0 radical (unpaired) electrons. The molecule has 0 aliphatic carbocycles. The zero-order valence-corrected chi connectivity index (χ0v) is 13.7. The molecule has 25 heavy (non-hydrogen) atoms. The summed E-state index contributed by atoms with van der Waals surface area (Å²) in [7, 11) is 0. The zero-order valence-electron chi connectivity index (χ0n) is 12.9. The number of hydrogen-bond acceptors (Lipinski definition) is 6. The molecule has 0 saturated heterocycles. The lowest BCUT2D eigenvalue weighted by Crippen LogP contribution is -2.11. The maximum atomic E-state index is 13.4. The van der Waals surface area contributed by atoms with Gasteiger partial charge < -0.3 is 5.32 Å². The highest BCUT2D eigenvalue weighted by atomic mass is 32.1. The lowest BCUT2D eigenvalue weighted by Gasteiger charge is -2.04. The van der Waals surface area contributed by atoms with Crippen LogP contribution in [0.2, 0.25) is 0 Å². The van der Waals surface area contributed by atoms with Crippen LogP contribution < -0.4 is 5.32 Å². The van der Waals surface area contributed by atoms with Gasteiger partial charge in [0.1, 0.15) is 9.88 Å². The number of rotatable bonds is 4. The van der Waals surface area contributed by atoms with Crippen LogP contribution >= 0.6 is 11.3 Å². The molecule has 0 saturated carbocycles. The second kappa shape index (κ2) is 6.73. The molecule has 9 heteroatoms. The molecule has 1 N–H and O–H groups in total. The number of amides is 1. The summed E-state index contributed by atoms with van der Waals surface area (Å²) in [6.07, 6.45) is 1.63. The molecule has 0 aliphatic rings. The number of thiazole rings is 1. The number of carbonyl (C=O) groups is 1. The summed E-state index contributed by atoms with van der Waals surface area (Å²) in [5.41, 5.74) is 0.588. The van der Waals surface area contributed by atoms with Crippen LogP contribution in [0.1, 0.15) is 15.4 Å². The van der Waals surface area contributed by atoms with Crippen LogP contribution in [0.5, 0.6) is 0 Å². The Hall–Kier alpha value is -3.20. The van der Waals surface area contributed by atoms with Gasteiger partial charge in [0.2, 0.25) is 5.82 Å². The van der Waals surface area contributed by atoms with E-state index in [-0.39, 0.29) is 5.69 Å². The second-order valence-electron chi connectivity index (χ2n) is 5.03. The van der Waals surface area contributed by atoms with Gasteiger partial charge in [0.05, 0.1) is 16.3 Å². The van der Waals surface area contributed by atoms with E-state index in [1.54, 1.807) is 25.3 Å². The van der Waals surface area contributed by atoms with Crippen molar-refractivity contribution in [3.63, 3.8) is 0 Å². The first kappa shape index (κ1) is 16.7. The predicted octanol–water partition coefficient (Wildman–Crippen LogP) is 3.81. The van der Waals surface area contributed by atoms with Crippen molar-refractivity contribution in [3.8, 4) is 10.7 Å². The molecule has 7 nitrogen and oxygen atoms in total. The molecular formula is C16H11FN4O3S. The van der Waals surface area contributed by atoms with Crippen LogP contribution in [0.3, 0.4) is 0 Å². The average molecular weight is 358 g/mol. The van der Waals surface area contributed by atoms with Crippen molar-refractivity contribution in [2.24, 2.45) is 0 Å². The van der Waals surface area contributed by atoms with Gasteiger partial charge >= 0.3 is 5.69 Å². The molecule has 0 fully saturated rings. The molecule has 0 spiro atoms. The van der Waals surface area contributed by atoms with E-state index in [1.165, 1.54) is 6.07 Å².